The SMILES string of the molecule is CC(C)[C@H]1C[C@@H](C2([C@H]3C[C@@H](C(C)C)[C@@H](O)[C@@H](Br)[C@H]3C)OS(=O)(=O)[C@@H]3CCCC[C@@H]32)[C@@H](C)[C@@H](Br)[C@H]1O. The van der Waals surface area contributed by atoms with Gasteiger partial charge in [-0.1, -0.05) is 86.2 Å². The molecular formula is C27H46Br2O5S. The Morgan fingerprint density at radius 2 is 1.23 bits per heavy atom. The molecule has 0 aromatic heterocycles. The molecule has 204 valence electrons. The Kier molecular flexibility index (Phi) is 8.56. The highest BCUT2D eigenvalue weighted by Crippen LogP contribution is 2.63. The second-order valence-electron chi connectivity index (χ2n) is 12.9. The number of halogens is 2. The smallest absolute Gasteiger partial charge is 0.271 e. The van der Waals surface area contributed by atoms with Crippen molar-refractivity contribution < 1.29 is 22.8 Å². The molecule has 5 nitrogen and oxygen atoms in total. The normalized spacial score (nSPS) is 52.6. The molecule has 0 radical (unpaired) electrons. The van der Waals surface area contributed by atoms with Crippen LogP contribution in [0.3, 0.4) is 0 Å². The van der Waals surface area contributed by atoms with E-state index in [2.05, 4.69) is 73.4 Å². The zero-order valence-corrected chi connectivity index (χ0v) is 26.1. The van der Waals surface area contributed by atoms with Crippen molar-refractivity contribution in [2.75, 3.05) is 0 Å². The van der Waals surface area contributed by atoms with E-state index in [-0.39, 0.29) is 62.9 Å². The average Bonchev–Trinajstić information content (AvgIpc) is 3.03. The van der Waals surface area contributed by atoms with Gasteiger partial charge in [-0.2, -0.15) is 8.42 Å². The van der Waals surface area contributed by atoms with Gasteiger partial charge in [-0.3, -0.25) is 4.18 Å². The first kappa shape index (κ1) is 28.8. The Bertz CT molecular complexity index is 824. The van der Waals surface area contributed by atoms with Crippen molar-refractivity contribution in [3.63, 3.8) is 0 Å². The Hall–Kier alpha value is 0.790. The highest BCUT2D eigenvalue weighted by Gasteiger charge is 2.69. The Morgan fingerprint density at radius 1 is 0.800 bits per heavy atom. The predicted octanol–water partition coefficient (Wildman–Crippen LogP) is 5.75. The third-order valence-electron chi connectivity index (χ3n) is 10.6. The van der Waals surface area contributed by atoms with Gasteiger partial charge in [0.1, 0.15) is 0 Å². The van der Waals surface area contributed by atoms with Gasteiger partial charge in [0.05, 0.1) is 23.1 Å². The Balaban J connectivity index is 1.89. The van der Waals surface area contributed by atoms with Crippen LogP contribution in [0.25, 0.3) is 0 Å². The molecule has 8 heteroatoms. The molecule has 35 heavy (non-hydrogen) atoms. The van der Waals surface area contributed by atoms with E-state index < -0.39 is 33.2 Å². The average molecular weight is 643 g/mol. The van der Waals surface area contributed by atoms with Crippen LogP contribution < -0.4 is 0 Å². The molecular weight excluding hydrogens is 596 g/mol. The summed E-state index contributed by atoms with van der Waals surface area (Å²) in [6.45, 7) is 13.0. The maximum atomic E-state index is 13.7. The van der Waals surface area contributed by atoms with Crippen LogP contribution in [0.2, 0.25) is 0 Å². The lowest BCUT2D eigenvalue weighted by atomic mass is 9.51. The molecule has 1 aliphatic heterocycles. The summed E-state index contributed by atoms with van der Waals surface area (Å²) in [5, 5.41) is 21.9. The summed E-state index contributed by atoms with van der Waals surface area (Å²) >= 11 is 7.69. The standard InChI is InChI=1S/C27H46Br2O5S/c1-13(2)17-11-20(15(5)23(28)25(17)30)27(19-9-7-8-10-22(19)35(32,33)34-27)21-12-18(14(3)4)26(31)24(29)16(21)6/h13-26,30-31H,7-12H2,1-6H3/t15-,16+,17-,18+,19-,20-,21+,22+,23-,24+,25+,26-,27?/m0/s1. The maximum absolute atomic E-state index is 13.7. The Labute approximate surface area is 229 Å². The first-order valence-electron chi connectivity index (χ1n) is 13.8. The summed E-state index contributed by atoms with van der Waals surface area (Å²) in [5.41, 5.74) is -0.804. The van der Waals surface area contributed by atoms with Gasteiger partial charge in [0.2, 0.25) is 0 Å². The van der Waals surface area contributed by atoms with E-state index in [0.29, 0.717) is 6.42 Å². The molecule has 0 spiro atoms. The highest BCUT2D eigenvalue weighted by molar-refractivity contribution is 9.09. The number of hydrogen-bond donors (Lipinski definition) is 2. The molecule has 4 rings (SSSR count). The number of rotatable bonds is 4. The van der Waals surface area contributed by atoms with E-state index >= 15 is 0 Å². The number of alkyl halides is 2. The molecule has 0 aromatic rings. The topological polar surface area (TPSA) is 83.8 Å². The van der Waals surface area contributed by atoms with Crippen molar-refractivity contribution >= 4 is 42.0 Å². The second-order valence-corrected chi connectivity index (χ2v) is 16.8. The molecule has 13 atom stereocenters. The molecule has 1 heterocycles. The van der Waals surface area contributed by atoms with Crippen LogP contribution in [0.5, 0.6) is 0 Å². The predicted molar refractivity (Wildman–Crippen MR) is 147 cm³/mol. The second kappa shape index (κ2) is 10.4. The van der Waals surface area contributed by atoms with E-state index in [1.54, 1.807) is 0 Å². The molecule has 0 bridgehead atoms. The lowest BCUT2D eigenvalue weighted by Gasteiger charge is -2.58. The van der Waals surface area contributed by atoms with E-state index in [9.17, 15) is 18.6 Å². The van der Waals surface area contributed by atoms with Crippen molar-refractivity contribution in [3.05, 3.63) is 0 Å². The lowest BCUT2D eigenvalue weighted by Crippen LogP contribution is -2.63. The van der Waals surface area contributed by atoms with E-state index in [1.165, 1.54) is 0 Å². The monoisotopic (exact) mass is 640 g/mol. The molecule has 1 saturated heterocycles. The molecule has 2 N–H and O–H groups in total. The van der Waals surface area contributed by atoms with Crippen molar-refractivity contribution in [3.8, 4) is 0 Å². The number of aliphatic hydroxyl groups is 2. The zero-order valence-electron chi connectivity index (χ0n) is 22.1. The van der Waals surface area contributed by atoms with Gasteiger partial charge in [0.25, 0.3) is 10.1 Å². The first-order valence-corrected chi connectivity index (χ1v) is 17.1. The fourth-order valence-corrected chi connectivity index (χ4v) is 12.2. The summed E-state index contributed by atoms with van der Waals surface area (Å²) < 4.78 is 34.0. The molecule has 3 aliphatic carbocycles. The van der Waals surface area contributed by atoms with Crippen molar-refractivity contribution in [1.29, 1.82) is 0 Å². The van der Waals surface area contributed by atoms with Gasteiger partial charge < -0.3 is 10.2 Å². The van der Waals surface area contributed by atoms with E-state index in [1.807, 2.05) is 0 Å². The van der Waals surface area contributed by atoms with Gasteiger partial charge >= 0.3 is 0 Å². The van der Waals surface area contributed by atoms with Crippen LogP contribution in [0, 0.1) is 53.3 Å². The minimum Gasteiger partial charge on any atom is -0.392 e. The molecule has 3 saturated carbocycles. The summed E-state index contributed by atoms with van der Waals surface area (Å²) in [6.07, 6.45) is 4.14. The first-order chi connectivity index (χ1) is 16.3. The Morgan fingerprint density at radius 3 is 1.66 bits per heavy atom. The van der Waals surface area contributed by atoms with E-state index in [4.69, 9.17) is 4.18 Å². The van der Waals surface area contributed by atoms with Crippen molar-refractivity contribution in [1.82, 2.24) is 0 Å². The molecule has 0 amide bonds. The van der Waals surface area contributed by atoms with Gasteiger partial charge in [-0.25, -0.2) is 0 Å². The summed E-state index contributed by atoms with van der Waals surface area (Å²) in [6, 6.07) is 0. The largest absolute Gasteiger partial charge is 0.392 e. The fourth-order valence-electron chi connectivity index (χ4n) is 8.59. The van der Waals surface area contributed by atoms with Crippen LogP contribution in [-0.4, -0.2) is 51.3 Å². The van der Waals surface area contributed by atoms with Crippen molar-refractivity contribution in [2.24, 2.45) is 53.3 Å². The summed E-state index contributed by atoms with van der Waals surface area (Å²) in [4.78, 5) is -0.214. The van der Waals surface area contributed by atoms with Crippen LogP contribution in [0.1, 0.15) is 80.1 Å². The number of hydrogen-bond acceptors (Lipinski definition) is 5. The number of fused-ring (bicyclic) bond motifs is 1. The zero-order chi connectivity index (χ0) is 26.0. The third-order valence-corrected chi connectivity index (χ3v) is 15.2. The molecule has 4 aliphatic rings. The maximum Gasteiger partial charge on any atom is 0.271 e. The minimum atomic E-state index is -3.69. The molecule has 4 fully saturated rings. The van der Waals surface area contributed by atoms with Crippen LogP contribution in [0.15, 0.2) is 0 Å². The van der Waals surface area contributed by atoms with E-state index in [0.717, 1.165) is 32.1 Å². The lowest BCUT2D eigenvalue weighted by molar-refractivity contribution is -0.158. The summed E-state index contributed by atoms with van der Waals surface area (Å²) in [7, 11) is -3.69. The fraction of sp³-hybridized carbons (Fsp3) is 1.00. The van der Waals surface area contributed by atoms with Gasteiger partial charge in [-0.15, -0.1) is 0 Å². The third kappa shape index (κ3) is 4.64. The summed E-state index contributed by atoms with van der Waals surface area (Å²) in [5.74, 6) is 0.870. The molecule has 1 unspecified atom stereocenters. The van der Waals surface area contributed by atoms with Gasteiger partial charge in [0.15, 0.2) is 0 Å². The van der Waals surface area contributed by atoms with Gasteiger partial charge in [0, 0.05) is 15.6 Å². The van der Waals surface area contributed by atoms with Crippen molar-refractivity contribution in [2.45, 2.75) is 113 Å². The van der Waals surface area contributed by atoms with Crippen LogP contribution >= 0.6 is 31.9 Å². The minimum absolute atomic E-state index is 0.0146. The highest BCUT2D eigenvalue weighted by atomic mass is 79.9. The quantitative estimate of drug-likeness (QED) is 0.302. The number of aliphatic hydroxyl groups excluding tert-OH is 2. The van der Waals surface area contributed by atoms with Gasteiger partial charge in [-0.05, 0) is 73.0 Å². The van der Waals surface area contributed by atoms with Crippen LogP contribution in [0.4, 0.5) is 0 Å². The molecule has 0 aromatic carbocycles. The van der Waals surface area contributed by atoms with Crippen LogP contribution in [-0.2, 0) is 14.3 Å².